The molecule has 0 unspecified atom stereocenters. The molecular formula is C22H29NO3. The summed E-state index contributed by atoms with van der Waals surface area (Å²) in [6.07, 6.45) is 2.68. The minimum Gasteiger partial charge on any atom is -0.388 e. The molecule has 2 aromatic rings. The minimum atomic E-state index is -0.619. The third kappa shape index (κ3) is 5.97. The lowest BCUT2D eigenvalue weighted by Crippen LogP contribution is -2.40. The van der Waals surface area contributed by atoms with Crippen LogP contribution in [0.15, 0.2) is 54.6 Å². The SMILES string of the molecule is CCCC[C@H](O)c1ccccc1C(=O)N[C@H](COC)Cc1ccccc1. The molecule has 4 heteroatoms. The van der Waals surface area contributed by atoms with Gasteiger partial charge in [0.2, 0.25) is 0 Å². The first-order valence-electron chi connectivity index (χ1n) is 9.26. The van der Waals surface area contributed by atoms with Gasteiger partial charge in [-0.2, -0.15) is 0 Å². The van der Waals surface area contributed by atoms with E-state index in [4.69, 9.17) is 4.74 Å². The van der Waals surface area contributed by atoms with Gasteiger partial charge in [0, 0.05) is 12.7 Å². The van der Waals surface area contributed by atoms with Crippen LogP contribution in [0.4, 0.5) is 0 Å². The number of aliphatic hydroxyl groups is 1. The van der Waals surface area contributed by atoms with E-state index in [1.165, 1.54) is 0 Å². The summed E-state index contributed by atoms with van der Waals surface area (Å²) in [5.74, 6) is -0.172. The Labute approximate surface area is 156 Å². The summed E-state index contributed by atoms with van der Waals surface area (Å²) in [6, 6.07) is 17.2. The highest BCUT2D eigenvalue weighted by molar-refractivity contribution is 5.96. The first-order chi connectivity index (χ1) is 12.7. The number of aliphatic hydroxyl groups excluding tert-OH is 1. The van der Waals surface area contributed by atoms with Gasteiger partial charge in [-0.1, -0.05) is 68.3 Å². The number of ether oxygens (including phenoxy) is 1. The fourth-order valence-corrected chi connectivity index (χ4v) is 3.06. The standard InChI is InChI=1S/C22H29NO3/c1-3-4-14-21(24)19-12-8-9-13-20(19)22(25)23-18(16-26-2)15-17-10-6-5-7-11-17/h5-13,18,21,24H,3-4,14-16H2,1-2H3,(H,23,25)/t18-,21-/m0/s1. The zero-order valence-electron chi connectivity index (χ0n) is 15.7. The largest absolute Gasteiger partial charge is 0.388 e. The van der Waals surface area contributed by atoms with Gasteiger partial charge >= 0.3 is 0 Å². The van der Waals surface area contributed by atoms with E-state index in [2.05, 4.69) is 12.2 Å². The molecular weight excluding hydrogens is 326 g/mol. The molecule has 0 aromatic heterocycles. The van der Waals surface area contributed by atoms with Crippen LogP contribution >= 0.6 is 0 Å². The topological polar surface area (TPSA) is 58.6 Å². The van der Waals surface area contributed by atoms with Crippen molar-refractivity contribution in [3.8, 4) is 0 Å². The molecule has 0 heterocycles. The number of hydrogen-bond donors (Lipinski definition) is 2. The molecule has 26 heavy (non-hydrogen) atoms. The smallest absolute Gasteiger partial charge is 0.251 e. The van der Waals surface area contributed by atoms with Crippen molar-refractivity contribution in [1.29, 1.82) is 0 Å². The van der Waals surface area contributed by atoms with Gasteiger partial charge in [-0.3, -0.25) is 4.79 Å². The van der Waals surface area contributed by atoms with Gasteiger partial charge in [-0.25, -0.2) is 0 Å². The number of rotatable bonds is 10. The molecule has 0 aliphatic heterocycles. The molecule has 0 spiro atoms. The Hall–Kier alpha value is -2.17. The molecule has 0 saturated heterocycles. The van der Waals surface area contributed by atoms with Crippen LogP contribution in [0.5, 0.6) is 0 Å². The lowest BCUT2D eigenvalue weighted by molar-refractivity contribution is 0.0888. The Balaban J connectivity index is 2.11. The second-order valence-electron chi connectivity index (χ2n) is 6.56. The zero-order chi connectivity index (χ0) is 18.8. The second kappa shape index (κ2) is 10.7. The summed E-state index contributed by atoms with van der Waals surface area (Å²) < 4.78 is 5.28. The minimum absolute atomic E-state index is 0.129. The summed E-state index contributed by atoms with van der Waals surface area (Å²) >= 11 is 0. The molecule has 2 N–H and O–H groups in total. The molecule has 0 aliphatic carbocycles. The van der Waals surface area contributed by atoms with Crippen LogP contribution in [0.2, 0.25) is 0 Å². The van der Waals surface area contributed by atoms with E-state index in [9.17, 15) is 9.90 Å². The van der Waals surface area contributed by atoms with Crippen LogP contribution in [0.3, 0.4) is 0 Å². The highest BCUT2D eigenvalue weighted by atomic mass is 16.5. The Morgan fingerprint density at radius 1 is 1.12 bits per heavy atom. The number of nitrogens with one attached hydrogen (secondary N) is 1. The van der Waals surface area contributed by atoms with Crippen molar-refractivity contribution in [2.45, 2.75) is 44.8 Å². The quantitative estimate of drug-likeness (QED) is 0.680. The predicted molar refractivity (Wildman–Crippen MR) is 104 cm³/mol. The summed E-state index contributed by atoms with van der Waals surface area (Å²) in [5, 5.41) is 13.5. The third-order valence-electron chi connectivity index (χ3n) is 4.42. The van der Waals surface area contributed by atoms with Crippen molar-refractivity contribution in [3.05, 3.63) is 71.3 Å². The molecule has 1 amide bonds. The Bertz CT molecular complexity index is 672. The second-order valence-corrected chi connectivity index (χ2v) is 6.56. The maximum Gasteiger partial charge on any atom is 0.251 e. The van der Waals surface area contributed by atoms with Crippen LogP contribution in [-0.2, 0) is 11.2 Å². The normalized spacial score (nSPS) is 13.2. The fraction of sp³-hybridized carbons (Fsp3) is 0.409. The van der Waals surface area contributed by atoms with E-state index in [0.29, 0.717) is 30.6 Å². The summed E-state index contributed by atoms with van der Waals surface area (Å²) in [7, 11) is 1.63. The monoisotopic (exact) mass is 355 g/mol. The van der Waals surface area contributed by atoms with Gasteiger partial charge in [-0.05, 0) is 30.0 Å². The number of carbonyl (C=O) groups excluding carboxylic acids is 1. The van der Waals surface area contributed by atoms with Gasteiger partial charge in [0.05, 0.1) is 18.8 Å². The summed E-state index contributed by atoms with van der Waals surface area (Å²) in [4.78, 5) is 12.8. The molecule has 140 valence electrons. The van der Waals surface area contributed by atoms with Gasteiger partial charge in [-0.15, -0.1) is 0 Å². The molecule has 0 radical (unpaired) electrons. The van der Waals surface area contributed by atoms with Crippen LogP contribution in [0.1, 0.15) is 53.8 Å². The molecule has 2 aromatic carbocycles. The van der Waals surface area contributed by atoms with Gasteiger partial charge in [0.1, 0.15) is 0 Å². The maximum absolute atomic E-state index is 12.8. The van der Waals surface area contributed by atoms with E-state index in [1.807, 2.05) is 48.5 Å². The maximum atomic E-state index is 12.8. The van der Waals surface area contributed by atoms with Gasteiger partial charge in [0.25, 0.3) is 5.91 Å². The Morgan fingerprint density at radius 3 is 2.50 bits per heavy atom. The van der Waals surface area contributed by atoms with Crippen LogP contribution in [0, 0.1) is 0 Å². The summed E-state index contributed by atoms with van der Waals surface area (Å²) in [5.41, 5.74) is 2.37. The molecule has 0 fully saturated rings. The molecule has 0 saturated carbocycles. The molecule has 0 aliphatic rings. The van der Waals surface area contributed by atoms with Crippen molar-refractivity contribution < 1.29 is 14.6 Å². The van der Waals surface area contributed by atoms with Crippen molar-refractivity contribution >= 4 is 5.91 Å². The Kier molecular flexibility index (Phi) is 8.32. The number of unbranched alkanes of at least 4 members (excludes halogenated alkanes) is 1. The third-order valence-corrected chi connectivity index (χ3v) is 4.42. The fourth-order valence-electron chi connectivity index (χ4n) is 3.06. The van der Waals surface area contributed by atoms with E-state index in [-0.39, 0.29) is 11.9 Å². The number of benzene rings is 2. The average Bonchev–Trinajstić information content (AvgIpc) is 2.67. The molecule has 2 rings (SSSR count). The lowest BCUT2D eigenvalue weighted by Gasteiger charge is -2.20. The predicted octanol–water partition coefficient (Wildman–Crippen LogP) is 3.90. The molecule has 0 bridgehead atoms. The van der Waals surface area contributed by atoms with E-state index < -0.39 is 6.10 Å². The van der Waals surface area contributed by atoms with E-state index in [0.717, 1.165) is 18.4 Å². The number of hydrogen-bond acceptors (Lipinski definition) is 3. The van der Waals surface area contributed by atoms with E-state index in [1.54, 1.807) is 13.2 Å². The van der Waals surface area contributed by atoms with Crippen LogP contribution < -0.4 is 5.32 Å². The lowest BCUT2D eigenvalue weighted by atomic mass is 9.97. The van der Waals surface area contributed by atoms with Crippen molar-refractivity contribution in [3.63, 3.8) is 0 Å². The number of carbonyl (C=O) groups is 1. The first-order valence-corrected chi connectivity index (χ1v) is 9.26. The highest BCUT2D eigenvalue weighted by Gasteiger charge is 2.19. The van der Waals surface area contributed by atoms with Crippen molar-refractivity contribution in [2.75, 3.05) is 13.7 Å². The van der Waals surface area contributed by atoms with Crippen LogP contribution in [-0.4, -0.2) is 30.8 Å². The number of methoxy groups -OCH3 is 1. The summed E-state index contributed by atoms with van der Waals surface area (Å²) in [6.45, 7) is 2.52. The molecule has 4 nitrogen and oxygen atoms in total. The first kappa shape index (κ1) is 20.1. The van der Waals surface area contributed by atoms with Crippen molar-refractivity contribution in [2.24, 2.45) is 0 Å². The molecule has 2 atom stereocenters. The van der Waals surface area contributed by atoms with Crippen molar-refractivity contribution in [1.82, 2.24) is 5.32 Å². The van der Waals surface area contributed by atoms with E-state index >= 15 is 0 Å². The van der Waals surface area contributed by atoms with Crippen LogP contribution in [0.25, 0.3) is 0 Å². The number of amides is 1. The highest BCUT2D eigenvalue weighted by Crippen LogP contribution is 2.23. The van der Waals surface area contributed by atoms with Gasteiger partial charge < -0.3 is 15.2 Å². The average molecular weight is 355 g/mol. The van der Waals surface area contributed by atoms with Gasteiger partial charge in [0.15, 0.2) is 0 Å². The zero-order valence-corrected chi connectivity index (χ0v) is 15.7. The Morgan fingerprint density at radius 2 is 1.81 bits per heavy atom.